The van der Waals surface area contributed by atoms with Crippen LogP contribution in [0.5, 0.6) is 0 Å². The summed E-state index contributed by atoms with van der Waals surface area (Å²) in [6, 6.07) is 9.01. The van der Waals surface area contributed by atoms with Gasteiger partial charge in [-0.05, 0) is 37.3 Å². The maximum Gasteiger partial charge on any atom is 0.349 e. The average molecular weight is 459 g/mol. The molecule has 0 saturated carbocycles. The second-order valence-corrected chi connectivity index (χ2v) is 9.84. The molecular formula is C18H19ClN2O6S2. The molecule has 11 heteroatoms. The predicted molar refractivity (Wildman–Crippen MR) is 109 cm³/mol. The van der Waals surface area contributed by atoms with E-state index in [0.717, 1.165) is 11.3 Å². The number of nitrogens with one attached hydrogen (secondary N) is 1. The lowest BCUT2D eigenvalue weighted by Crippen LogP contribution is -2.40. The first-order chi connectivity index (χ1) is 13.8. The zero-order chi connectivity index (χ0) is 21.0. The molecule has 156 valence electrons. The summed E-state index contributed by atoms with van der Waals surface area (Å²) in [6.07, 6.45) is -1.08. The van der Waals surface area contributed by atoms with Gasteiger partial charge in [0.2, 0.25) is 10.0 Å². The van der Waals surface area contributed by atoms with Crippen molar-refractivity contribution in [3.05, 3.63) is 45.6 Å². The van der Waals surface area contributed by atoms with Gasteiger partial charge in [-0.1, -0.05) is 17.7 Å². The second kappa shape index (κ2) is 9.23. The molecule has 1 N–H and O–H groups in total. The maximum atomic E-state index is 12.7. The van der Waals surface area contributed by atoms with Crippen LogP contribution < -0.4 is 5.32 Å². The Morgan fingerprint density at radius 1 is 1.24 bits per heavy atom. The predicted octanol–water partition coefficient (Wildman–Crippen LogP) is 2.61. The number of esters is 1. The number of amides is 1. The number of rotatable bonds is 6. The minimum absolute atomic E-state index is 0.0649. The molecule has 2 heterocycles. The molecule has 1 fully saturated rings. The van der Waals surface area contributed by atoms with E-state index in [-0.39, 0.29) is 28.5 Å². The van der Waals surface area contributed by atoms with Crippen molar-refractivity contribution in [3.63, 3.8) is 0 Å². The van der Waals surface area contributed by atoms with Gasteiger partial charge in [0.1, 0.15) is 4.88 Å². The number of thiophene rings is 1. The quantitative estimate of drug-likeness (QED) is 0.667. The number of hydrogen-bond donors (Lipinski definition) is 1. The van der Waals surface area contributed by atoms with Crippen LogP contribution in [0.1, 0.15) is 16.6 Å². The van der Waals surface area contributed by atoms with E-state index in [0.29, 0.717) is 17.6 Å². The average Bonchev–Trinajstić information content (AvgIpc) is 3.15. The smallest absolute Gasteiger partial charge is 0.349 e. The fourth-order valence-corrected chi connectivity index (χ4v) is 4.99. The Kier molecular flexibility index (Phi) is 6.91. The molecule has 3 rings (SSSR count). The molecule has 1 saturated heterocycles. The van der Waals surface area contributed by atoms with Gasteiger partial charge >= 0.3 is 5.97 Å². The van der Waals surface area contributed by atoms with E-state index in [1.54, 1.807) is 12.1 Å². The summed E-state index contributed by atoms with van der Waals surface area (Å²) < 4.78 is 37.6. The van der Waals surface area contributed by atoms with Gasteiger partial charge in [0.15, 0.2) is 6.10 Å². The first kappa shape index (κ1) is 21.7. The monoisotopic (exact) mass is 458 g/mol. The van der Waals surface area contributed by atoms with E-state index in [9.17, 15) is 18.0 Å². The van der Waals surface area contributed by atoms with Gasteiger partial charge in [0, 0.05) is 18.8 Å². The SMILES string of the molecule is CC(OC(=O)c1ccc(Cl)s1)C(=O)Nc1cccc(S(=O)(=O)N2CCOCC2)c1. The van der Waals surface area contributed by atoms with Crippen molar-refractivity contribution in [1.29, 1.82) is 0 Å². The summed E-state index contributed by atoms with van der Waals surface area (Å²) in [5, 5.41) is 2.57. The molecule has 8 nitrogen and oxygen atoms in total. The summed E-state index contributed by atoms with van der Waals surface area (Å²) in [5.41, 5.74) is 0.284. The van der Waals surface area contributed by atoms with Crippen LogP contribution in [0.2, 0.25) is 4.34 Å². The Morgan fingerprint density at radius 3 is 2.62 bits per heavy atom. The first-order valence-electron chi connectivity index (χ1n) is 8.72. The van der Waals surface area contributed by atoms with Gasteiger partial charge in [-0.2, -0.15) is 4.31 Å². The van der Waals surface area contributed by atoms with Crippen LogP contribution >= 0.6 is 22.9 Å². The number of anilines is 1. The van der Waals surface area contributed by atoms with E-state index >= 15 is 0 Å². The molecule has 0 spiro atoms. The van der Waals surface area contributed by atoms with E-state index in [1.165, 1.54) is 35.5 Å². The largest absolute Gasteiger partial charge is 0.448 e. The Labute approximate surface area is 177 Å². The van der Waals surface area contributed by atoms with Crippen molar-refractivity contribution in [2.24, 2.45) is 0 Å². The lowest BCUT2D eigenvalue weighted by atomic mass is 10.3. The number of nitrogens with zero attached hydrogens (tertiary/aromatic N) is 1. The number of hydrogen-bond acceptors (Lipinski definition) is 7. The van der Waals surface area contributed by atoms with Gasteiger partial charge in [0.05, 0.1) is 22.4 Å². The third-order valence-corrected chi connectivity index (χ3v) is 7.24. The fourth-order valence-electron chi connectivity index (χ4n) is 2.61. The van der Waals surface area contributed by atoms with Crippen LogP contribution in [-0.2, 0) is 24.3 Å². The fraction of sp³-hybridized carbons (Fsp3) is 0.333. The molecule has 1 unspecified atom stereocenters. The van der Waals surface area contributed by atoms with E-state index in [1.807, 2.05) is 0 Å². The number of carbonyl (C=O) groups is 2. The molecule has 1 aromatic heterocycles. The highest BCUT2D eigenvalue weighted by Crippen LogP contribution is 2.23. The van der Waals surface area contributed by atoms with E-state index in [4.69, 9.17) is 21.1 Å². The molecule has 29 heavy (non-hydrogen) atoms. The molecule has 0 radical (unpaired) electrons. The van der Waals surface area contributed by atoms with Crippen LogP contribution in [0.25, 0.3) is 0 Å². The standard InChI is InChI=1S/C18H19ClN2O6S2/c1-12(27-18(23)15-5-6-16(19)28-15)17(22)20-13-3-2-4-14(11-13)29(24,25)21-7-9-26-10-8-21/h2-6,11-12H,7-10H2,1H3,(H,20,22). The zero-order valence-corrected chi connectivity index (χ0v) is 17.8. The Bertz CT molecular complexity index is 1000. The third-order valence-electron chi connectivity index (χ3n) is 4.14. The molecule has 1 amide bonds. The van der Waals surface area contributed by atoms with Gasteiger partial charge in [-0.3, -0.25) is 4.79 Å². The number of ether oxygens (including phenoxy) is 2. The minimum Gasteiger partial charge on any atom is -0.448 e. The molecule has 1 aromatic carbocycles. The second-order valence-electron chi connectivity index (χ2n) is 6.18. The van der Waals surface area contributed by atoms with Crippen molar-refractivity contribution < 1.29 is 27.5 Å². The summed E-state index contributed by atoms with van der Waals surface area (Å²) in [6.45, 7) is 2.66. The topological polar surface area (TPSA) is 102 Å². The maximum absolute atomic E-state index is 12.7. The van der Waals surface area contributed by atoms with Crippen LogP contribution in [0.3, 0.4) is 0 Å². The van der Waals surface area contributed by atoms with Crippen molar-refractivity contribution >= 4 is 50.5 Å². The molecular weight excluding hydrogens is 440 g/mol. The van der Waals surface area contributed by atoms with Gasteiger partial charge < -0.3 is 14.8 Å². The molecule has 2 aromatic rings. The third kappa shape index (κ3) is 5.34. The highest BCUT2D eigenvalue weighted by Gasteiger charge is 2.27. The molecule has 1 aliphatic rings. The molecule has 1 aliphatic heterocycles. The lowest BCUT2D eigenvalue weighted by Gasteiger charge is -2.26. The Hall–Kier alpha value is -1.98. The van der Waals surface area contributed by atoms with Crippen molar-refractivity contribution in [2.75, 3.05) is 31.6 Å². The van der Waals surface area contributed by atoms with Gasteiger partial charge in [-0.15, -0.1) is 11.3 Å². The lowest BCUT2D eigenvalue weighted by molar-refractivity contribution is -0.123. The van der Waals surface area contributed by atoms with Crippen LogP contribution in [-0.4, -0.2) is 57.0 Å². The molecule has 0 bridgehead atoms. The van der Waals surface area contributed by atoms with Crippen molar-refractivity contribution in [2.45, 2.75) is 17.9 Å². The van der Waals surface area contributed by atoms with Gasteiger partial charge in [-0.25, -0.2) is 13.2 Å². The highest BCUT2D eigenvalue weighted by atomic mass is 35.5. The van der Waals surface area contributed by atoms with E-state index < -0.39 is 28.0 Å². The number of halogens is 1. The summed E-state index contributed by atoms with van der Waals surface area (Å²) in [7, 11) is -3.69. The van der Waals surface area contributed by atoms with Crippen LogP contribution in [0, 0.1) is 0 Å². The summed E-state index contributed by atoms with van der Waals surface area (Å²) in [5.74, 6) is -1.24. The number of sulfonamides is 1. The van der Waals surface area contributed by atoms with Crippen LogP contribution in [0.4, 0.5) is 5.69 Å². The molecule has 1 atom stereocenters. The zero-order valence-electron chi connectivity index (χ0n) is 15.5. The highest BCUT2D eigenvalue weighted by molar-refractivity contribution is 7.89. The van der Waals surface area contributed by atoms with Crippen molar-refractivity contribution in [3.8, 4) is 0 Å². The number of carbonyl (C=O) groups excluding carboxylic acids is 2. The first-order valence-corrected chi connectivity index (χ1v) is 11.4. The van der Waals surface area contributed by atoms with Crippen molar-refractivity contribution in [1.82, 2.24) is 4.31 Å². The van der Waals surface area contributed by atoms with E-state index in [2.05, 4.69) is 5.32 Å². The number of benzene rings is 1. The Balaban J connectivity index is 1.66. The van der Waals surface area contributed by atoms with Crippen LogP contribution in [0.15, 0.2) is 41.3 Å². The summed E-state index contributed by atoms with van der Waals surface area (Å²) in [4.78, 5) is 24.8. The summed E-state index contributed by atoms with van der Waals surface area (Å²) >= 11 is 6.84. The Morgan fingerprint density at radius 2 is 1.97 bits per heavy atom. The number of morpholine rings is 1. The molecule has 0 aliphatic carbocycles. The minimum atomic E-state index is -3.69. The normalized spacial score (nSPS) is 16.2. The van der Waals surface area contributed by atoms with Gasteiger partial charge in [0.25, 0.3) is 5.91 Å².